The normalized spacial score (nSPS) is 14.1. The summed E-state index contributed by atoms with van der Waals surface area (Å²) in [6.07, 6.45) is -0.692. The average Bonchev–Trinajstić information content (AvgIpc) is 2.73. The minimum Gasteiger partial charge on any atom is -0.465 e. The van der Waals surface area contributed by atoms with Crippen molar-refractivity contribution in [3.63, 3.8) is 0 Å². The predicted molar refractivity (Wildman–Crippen MR) is 114 cm³/mol. The molecule has 158 valence electrons. The van der Waals surface area contributed by atoms with Crippen LogP contribution in [0.3, 0.4) is 0 Å². The summed E-state index contributed by atoms with van der Waals surface area (Å²) in [6, 6.07) is 13.0. The number of nitrogens with zero attached hydrogens (tertiary/aromatic N) is 4. The standard InChI is InChI=1S/C21H20N6O3S/c1-2-14-15(8-22)19(27-10-13(11-27)25-21(29)30)26-20(16(14)9-23)31-17(18(24)28)12-6-4-3-5-7-12/h3-7,13,17,25H,2,10-11H2,1H3,(H2,24,28)(H,29,30). The molecule has 3 rings (SSSR count). The zero-order valence-corrected chi connectivity index (χ0v) is 17.5. The van der Waals surface area contributed by atoms with E-state index >= 15 is 0 Å². The van der Waals surface area contributed by atoms with Gasteiger partial charge in [0.1, 0.15) is 28.2 Å². The highest BCUT2D eigenvalue weighted by Crippen LogP contribution is 2.40. The van der Waals surface area contributed by atoms with Crippen molar-refractivity contribution in [3.8, 4) is 12.1 Å². The molecule has 1 aromatic heterocycles. The van der Waals surface area contributed by atoms with Crippen LogP contribution in [0.25, 0.3) is 0 Å². The summed E-state index contributed by atoms with van der Waals surface area (Å²) in [5, 5.41) is 30.4. The Hall–Kier alpha value is -3.76. The van der Waals surface area contributed by atoms with E-state index in [0.29, 0.717) is 41.5 Å². The molecule has 1 unspecified atom stereocenters. The molecule has 2 amide bonds. The fraction of sp³-hybridized carbons (Fsp3) is 0.286. The van der Waals surface area contributed by atoms with Crippen molar-refractivity contribution in [1.29, 1.82) is 10.5 Å². The molecule has 0 radical (unpaired) electrons. The second-order valence-electron chi connectivity index (χ2n) is 6.91. The van der Waals surface area contributed by atoms with Crippen molar-refractivity contribution in [2.45, 2.75) is 29.7 Å². The van der Waals surface area contributed by atoms with Crippen LogP contribution >= 0.6 is 11.8 Å². The van der Waals surface area contributed by atoms with Crippen LogP contribution in [0.15, 0.2) is 35.4 Å². The zero-order chi connectivity index (χ0) is 22.5. The Morgan fingerprint density at radius 3 is 2.45 bits per heavy atom. The summed E-state index contributed by atoms with van der Waals surface area (Å²) in [6.45, 7) is 2.54. The third-order valence-corrected chi connectivity index (χ3v) is 6.18. The van der Waals surface area contributed by atoms with Gasteiger partial charge in [-0.1, -0.05) is 49.0 Å². The average molecular weight is 436 g/mol. The number of hydrogen-bond donors (Lipinski definition) is 3. The van der Waals surface area contributed by atoms with Crippen LogP contribution in [0, 0.1) is 22.7 Å². The molecule has 1 fully saturated rings. The predicted octanol–water partition coefficient (Wildman–Crippen LogP) is 2.16. The number of carbonyl (C=O) groups excluding carboxylic acids is 1. The van der Waals surface area contributed by atoms with Gasteiger partial charge in [0, 0.05) is 13.1 Å². The first kappa shape index (κ1) is 21.9. The number of benzene rings is 1. The second kappa shape index (κ2) is 9.37. The van der Waals surface area contributed by atoms with E-state index in [-0.39, 0.29) is 17.2 Å². The van der Waals surface area contributed by atoms with Gasteiger partial charge in [0.05, 0.1) is 17.2 Å². The third-order valence-electron chi connectivity index (χ3n) is 4.92. The zero-order valence-electron chi connectivity index (χ0n) is 16.7. The molecular formula is C21H20N6O3S. The van der Waals surface area contributed by atoms with Gasteiger partial charge in [-0.15, -0.1) is 0 Å². The number of carboxylic acid groups (broad SMARTS) is 1. The number of amides is 2. The van der Waals surface area contributed by atoms with Crippen molar-refractivity contribution in [3.05, 3.63) is 52.6 Å². The Bertz CT molecular complexity index is 1090. The Balaban J connectivity index is 2.04. The van der Waals surface area contributed by atoms with Crippen LogP contribution < -0.4 is 16.0 Å². The van der Waals surface area contributed by atoms with E-state index in [0.717, 1.165) is 11.8 Å². The van der Waals surface area contributed by atoms with Gasteiger partial charge in [0.25, 0.3) is 0 Å². The molecule has 0 saturated carbocycles. The minimum absolute atomic E-state index is 0.246. The van der Waals surface area contributed by atoms with E-state index in [1.54, 1.807) is 29.2 Å². The Morgan fingerprint density at radius 2 is 1.94 bits per heavy atom. The summed E-state index contributed by atoms with van der Waals surface area (Å²) in [7, 11) is 0. The van der Waals surface area contributed by atoms with E-state index in [1.807, 2.05) is 13.0 Å². The summed E-state index contributed by atoms with van der Waals surface area (Å²) >= 11 is 1.07. The van der Waals surface area contributed by atoms with Crippen LogP contribution in [0.4, 0.5) is 10.6 Å². The molecule has 10 heteroatoms. The first-order chi connectivity index (χ1) is 14.9. The van der Waals surface area contributed by atoms with Gasteiger partial charge in [-0.3, -0.25) is 4.79 Å². The number of aromatic nitrogens is 1. The van der Waals surface area contributed by atoms with Crippen LogP contribution in [-0.4, -0.2) is 41.2 Å². The van der Waals surface area contributed by atoms with Gasteiger partial charge in [-0.05, 0) is 17.5 Å². The van der Waals surface area contributed by atoms with Crippen molar-refractivity contribution in [1.82, 2.24) is 10.3 Å². The molecule has 2 aromatic rings. The lowest BCUT2D eigenvalue weighted by molar-refractivity contribution is -0.117. The molecule has 1 aliphatic rings. The Labute approximate surface area is 183 Å². The lowest BCUT2D eigenvalue weighted by atomic mass is 10.00. The summed E-state index contributed by atoms with van der Waals surface area (Å²) in [5.74, 6) is -0.193. The van der Waals surface area contributed by atoms with Crippen LogP contribution in [0.5, 0.6) is 0 Å². The summed E-state index contributed by atoms with van der Waals surface area (Å²) in [4.78, 5) is 29.4. The molecule has 4 N–H and O–H groups in total. The van der Waals surface area contributed by atoms with Crippen LogP contribution in [0.2, 0.25) is 0 Å². The number of primary amides is 1. The maximum Gasteiger partial charge on any atom is 0.405 e. The van der Waals surface area contributed by atoms with E-state index in [1.165, 1.54) is 0 Å². The topological polar surface area (TPSA) is 156 Å². The Morgan fingerprint density at radius 1 is 1.29 bits per heavy atom. The second-order valence-corrected chi connectivity index (χ2v) is 8.00. The number of pyridine rings is 1. The number of hydrogen-bond acceptors (Lipinski definition) is 7. The molecular weight excluding hydrogens is 416 g/mol. The minimum atomic E-state index is -1.12. The summed E-state index contributed by atoms with van der Waals surface area (Å²) in [5.41, 5.74) is 7.40. The molecule has 1 saturated heterocycles. The van der Waals surface area contributed by atoms with E-state index in [4.69, 9.17) is 10.8 Å². The van der Waals surface area contributed by atoms with Crippen molar-refractivity contribution in [2.24, 2.45) is 5.73 Å². The Kier molecular flexibility index (Phi) is 6.63. The number of nitrogens with one attached hydrogen (secondary N) is 1. The quantitative estimate of drug-likeness (QED) is 0.557. The fourth-order valence-electron chi connectivity index (χ4n) is 3.44. The lowest BCUT2D eigenvalue weighted by Gasteiger charge is -2.40. The third kappa shape index (κ3) is 4.55. The van der Waals surface area contributed by atoms with E-state index < -0.39 is 17.3 Å². The van der Waals surface area contributed by atoms with Gasteiger partial charge >= 0.3 is 6.09 Å². The number of carbonyl (C=O) groups is 2. The first-order valence-electron chi connectivity index (χ1n) is 9.51. The molecule has 2 heterocycles. The largest absolute Gasteiger partial charge is 0.465 e. The molecule has 1 aromatic carbocycles. The maximum absolute atomic E-state index is 12.2. The van der Waals surface area contributed by atoms with Crippen LogP contribution in [-0.2, 0) is 11.2 Å². The number of rotatable bonds is 7. The monoisotopic (exact) mass is 436 g/mol. The highest BCUT2D eigenvalue weighted by Gasteiger charge is 2.33. The summed E-state index contributed by atoms with van der Waals surface area (Å²) < 4.78 is 0. The molecule has 0 aliphatic carbocycles. The highest BCUT2D eigenvalue weighted by molar-refractivity contribution is 8.00. The van der Waals surface area contributed by atoms with Crippen molar-refractivity contribution in [2.75, 3.05) is 18.0 Å². The van der Waals surface area contributed by atoms with E-state index in [9.17, 15) is 20.1 Å². The highest BCUT2D eigenvalue weighted by atomic mass is 32.2. The molecule has 31 heavy (non-hydrogen) atoms. The van der Waals surface area contributed by atoms with Gasteiger partial charge in [0.2, 0.25) is 5.91 Å². The lowest BCUT2D eigenvalue weighted by Crippen LogP contribution is -2.59. The number of nitriles is 2. The SMILES string of the molecule is CCc1c(C#N)c(SC(C(N)=O)c2ccccc2)nc(N2CC(NC(=O)O)C2)c1C#N. The van der Waals surface area contributed by atoms with Gasteiger partial charge in [-0.2, -0.15) is 10.5 Å². The first-order valence-corrected chi connectivity index (χ1v) is 10.4. The fourth-order valence-corrected chi connectivity index (χ4v) is 4.50. The van der Waals surface area contributed by atoms with Crippen molar-refractivity contribution < 1.29 is 14.7 Å². The van der Waals surface area contributed by atoms with Gasteiger partial charge < -0.3 is 21.1 Å². The number of anilines is 1. The van der Waals surface area contributed by atoms with Crippen molar-refractivity contribution >= 4 is 29.6 Å². The molecule has 0 spiro atoms. The molecule has 1 aliphatic heterocycles. The van der Waals surface area contributed by atoms with E-state index in [2.05, 4.69) is 22.4 Å². The number of nitrogens with two attached hydrogens (primary N) is 1. The molecule has 0 bridgehead atoms. The maximum atomic E-state index is 12.2. The number of thioether (sulfide) groups is 1. The van der Waals surface area contributed by atoms with Gasteiger partial charge in [-0.25, -0.2) is 9.78 Å². The molecule has 9 nitrogen and oxygen atoms in total. The molecule has 1 atom stereocenters. The van der Waals surface area contributed by atoms with Gasteiger partial charge in [0.15, 0.2) is 0 Å². The smallest absolute Gasteiger partial charge is 0.405 e. The van der Waals surface area contributed by atoms with Crippen LogP contribution in [0.1, 0.15) is 34.4 Å².